The van der Waals surface area contributed by atoms with E-state index in [1.54, 1.807) is 34.7 Å². The number of carbonyl (C=O) groups excluding carboxylic acids is 1. The standard InChI is InChI=1S/C21H25F6N3O2/c1-6-14(7-2)32-16-10-13(28-19(31)17-11(3)29-30(5)12(17)4)8-9-15(16)18(20(22,23)24)21(25,26)27/h8-10,14,18H,6-7H2,1-5H3,(H,28,31). The summed E-state index contributed by atoms with van der Waals surface area (Å²) in [6, 6.07) is 2.69. The molecular weight excluding hydrogens is 440 g/mol. The number of aromatic nitrogens is 2. The number of aryl methyl sites for hydroxylation is 2. The highest BCUT2D eigenvalue weighted by atomic mass is 19.4. The topological polar surface area (TPSA) is 56.1 Å². The van der Waals surface area contributed by atoms with Crippen molar-refractivity contribution in [2.45, 2.75) is 64.9 Å². The summed E-state index contributed by atoms with van der Waals surface area (Å²) in [6.45, 7) is 6.69. The molecule has 0 spiro atoms. The fourth-order valence-electron chi connectivity index (χ4n) is 3.42. The molecule has 1 aromatic heterocycles. The highest BCUT2D eigenvalue weighted by Gasteiger charge is 2.58. The van der Waals surface area contributed by atoms with E-state index < -0.39 is 41.6 Å². The third kappa shape index (κ3) is 5.55. The van der Waals surface area contributed by atoms with Gasteiger partial charge in [-0.2, -0.15) is 31.4 Å². The molecule has 0 radical (unpaired) electrons. The van der Waals surface area contributed by atoms with Crippen LogP contribution in [0, 0.1) is 13.8 Å². The first-order valence-electron chi connectivity index (χ1n) is 9.96. The van der Waals surface area contributed by atoms with Gasteiger partial charge in [0, 0.05) is 30.1 Å². The number of hydrogen-bond acceptors (Lipinski definition) is 3. The number of halogens is 6. The molecule has 1 N–H and O–H groups in total. The van der Waals surface area contributed by atoms with Gasteiger partial charge in [-0.05, 0) is 32.8 Å². The predicted octanol–water partition coefficient (Wildman–Crippen LogP) is 6.06. The number of nitrogens with zero attached hydrogens (tertiary/aromatic N) is 2. The summed E-state index contributed by atoms with van der Waals surface area (Å²) in [4.78, 5) is 12.7. The van der Waals surface area contributed by atoms with Gasteiger partial charge in [0.2, 0.25) is 0 Å². The molecular formula is C21H25F6N3O2. The zero-order valence-electron chi connectivity index (χ0n) is 18.3. The Morgan fingerprint density at radius 1 is 1.09 bits per heavy atom. The van der Waals surface area contributed by atoms with Gasteiger partial charge in [-0.1, -0.05) is 19.9 Å². The fourth-order valence-corrected chi connectivity index (χ4v) is 3.42. The lowest BCUT2D eigenvalue weighted by molar-refractivity contribution is -0.254. The lowest BCUT2D eigenvalue weighted by Gasteiger charge is -2.27. The van der Waals surface area contributed by atoms with Gasteiger partial charge < -0.3 is 10.1 Å². The maximum atomic E-state index is 13.4. The van der Waals surface area contributed by atoms with E-state index in [-0.39, 0.29) is 11.3 Å². The third-order valence-electron chi connectivity index (χ3n) is 5.18. The van der Waals surface area contributed by atoms with Gasteiger partial charge in [-0.25, -0.2) is 0 Å². The molecule has 0 saturated carbocycles. The van der Waals surface area contributed by atoms with E-state index in [4.69, 9.17) is 4.74 Å². The number of hydrogen-bond donors (Lipinski definition) is 1. The second-order valence-corrected chi connectivity index (χ2v) is 7.45. The normalized spacial score (nSPS) is 12.5. The number of carbonyl (C=O) groups is 1. The molecule has 0 fully saturated rings. The number of rotatable bonds is 7. The van der Waals surface area contributed by atoms with Gasteiger partial charge in [0.15, 0.2) is 5.92 Å². The largest absolute Gasteiger partial charge is 0.490 e. The quantitative estimate of drug-likeness (QED) is 0.506. The van der Waals surface area contributed by atoms with Crippen molar-refractivity contribution in [2.75, 3.05) is 5.32 Å². The first kappa shape index (κ1) is 25.5. The summed E-state index contributed by atoms with van der Waals surface area (Å²) in [6.07, 6.45) is -11.0. The van der Waals surface area contributed by atoms with E-state index >= 15 is 0 Å². The van der Waals surface area contributed by atoms with Gasteiger partial charge in [0.05, 0.1) is 17.4 Å². The first-order chi connectivity index (χ1) is 14.7. The molecule has 0 bridgehead atoms. The van der Waals surface area contributed by atoms with Crippen LogP contribution >= 0.6 is 0 Å². The molecule has 178 valence electrons. The molecule has 0 unspecified atom stereocenters. The first-order valence-corrected chi connectivity index (χ1v) is 9.96. The molecule has 1 heterocycles. The average molecular weight is 465 g/mol. The number of alkyl halides is 6. The van der Waals surface area contributed by atoms with Crippen molar-refractivity contribution < 1.29 is 35.9 Å². The minimum atomic E-state index is -5.57. The molecule has 2 aromatic rings. The summed E-state index contributed by atoms with van der Waals surface area (Å²) < 4.78 is 87.1. The van der Waals surface area contributed by atoms with E-state index in [2.05, 4.69) is 10.4 Å². The third-order valence-corrected chi connectivity index (χ3v) is 5.18. The number of benzene rings is 1. The van der Waals surface area contributed by atoms with Crippen molar-refractivity contribution in [3.05, 3.63) is 40.7 Å². The maximum Gasteiger partial charge on any atom is 0.404 e. The van der Waals surface area contributed by atoms with Crippen LogP contribution in [0.25, 0.3) is 0 Å². The average Bonchev–Trinajstić information content (AvgIpc) is 2.91. The molecule has 0 aliphatic heterocycles. The Balaban J connectivity index is 2.53. The van der Waals surface area contributed by atoms with Crippen molar-refractivity contribution in [2.24, 2.45) is 7.05 Å². The molecule has 2 rings (SSSR count). The Bertz CT molecular complexity index is 948. The smallest absolute Gasteiger partial charge is 0.404 e. The number of anilines is 1. The second-order valence-electron chi connectivity index (χ2n) is 7.45. The SMILES string of the molecule is CCC(CC)Oc1cc(NC(=O)c2c(C)nn(C)c2C)ccc1C(C(F)(F)F)C(F)(F)F. The molecule has 1 amide bonds. The molecule has 0 aliphatic carbocycles. The van der Waals surface area contributed by atoms with E-state index in [1.165, 1.54) is 4.68 Å². The molecule has 0 aliphatic rings. The number of nitrogens with one attached hydrogen (secondary N) is 1. The second kappa shape index (κ2) is 9.41. The highest BCUT2D eigenvalue weighted by molar-refractivity contribution is 6.06. The van der Waals surface area contributed by atoms with Crippen LogP contribution in [0.15, 0.2) is 18.2 Å². The summed E-state index contributed by atoms with van der Waals surface area (Å²) in [7, 11) is 1.64. The van der Waals surface area contributed by atoms with Crippen LogP contribution in [0.5, 0.6) is 5.75 Å². The van der Waals surface area contributed by atoms with Crippen molar-refractivity contribution in [3.8, 4) is 5.75 Å². The maximum absolute atomic E-state index is 13.4. The van der Waals surface area contributed by atoms with Crippen LogP contribution in [0.2, 0.25) is 0 Å². The Hall–Kier alpha value is -2.72. The van der Waals surface area contributed by atoms with E-state index in [0.717, 1.165) is 12.1 Å². The van der Waals surface area contributed by atoms with E-state index in [9.17, 15) is 31.1 Å². The lowest BCUT2D eigenvalue weighted by Crippen LogP contribution is -2.34. The van der Waals surface area contributed by atoms with Crippen molar-refractivity contribution in [1.82, 2.24) is 9.78 Å². The van der Waals surface area contributed by atoms with Gasteiger partial charge in [0.25, 0.3) is 5.91 Å². The minimum absolute atomic E-state index is 0.00505. The summed E-state index contributed by atoms with van der Waals surface area (Å²) in [5.41, 5.74) is 0.206. The van der Waals surface area contributed by atoms with Gasteiger partial charge in [-0.15, -0.1) is 0 Å². The Morgan fingerprint density at radius 2 is 1.66 bits per heavy atom. The van der Waals surface area contributed by atoms with Gasteiger partial charge >= 0.3 is 12.4 Å². The molecule has 1 aromatic carbocycles. The number of ether oxygens (including phenoxy) is 1. The van der Waals surface area contributed by atoms with E-state index in [0.29, 0.717) is 30.3 Å². The summed E-state index contributed by atoms with van der Waals surface area (Å²) in [5.74, 6) is -4.87. The Kier molecular flexibility index (Phi) is 7.51. The predicted molar refractivity (Wildman–Crippen MR) is 107 cm³/mol. The highest BCUT2D eigenvalue weighted by Crippen LogP contribution is 2.49. The molecule has 0 saturated heterocycles. The molecule has 5 nitrogen and oxygen atoms in total. The molecule has 11 heteroatoms. The minimum Gasteiger partial charge on any atom is -0.490 e. The summed E-state index contributed by atoms with van der Waals surface area (Å²) >= 11 is 0. The number of amides is 1. The molecule has 0 atom stereocenters. The van der Waals surface area contributed by atoms with Crippen LogP contribution in [-0.2, 0) is 7.05 Å². The van der Waals surface area contributed by atoms with Crippen molar-refractivity contribution in [1.29, 1.82) is 0 Å². The van der Waals surface area contributed by atoms with Crippen molar-refractivity contribution >= 4 is 11.6 Å². The van der Waals surface area contributed by atoms with Crippen molar-refractivity contribution in [3.63, 3.8) is 0 Å². The van der Waals surface area contributed by atoms with Crippen LogP contribution in [0.4, 0.5) is 32.0 Å². The zero-order chi connectivity index (χ0) is 24.4. The Morgan fingerprint density at radius 3 is 2.09 bits per heavy atom. The van der Waals surface area contributed by atoms with Crippen LogP contribution in [-0.4, -0.2) is 34.1 Å². The van der Waals surface area contributed by atoms with Gasteiger partial charge in [-0.3, -0.25) is 9.48 Å². The summed E-state index contributed by atoms with van der Waals surface area (Å²) in [5, 5.41) is 6.64. The van der Waals surface area contributed by atoms with Crippen LogP contribution in [0.1, 0.15) is 59.9 Å². The van der Waals surface area contributed by atoms with Gasteiger partial charge in [0.1, 0.15) is 5.75 Å². The van der Waals surface area contributed by atoms with E-state index in [1.807, 2.05) is 0 Å². The van der Waals surface area contributed by atoms with Crippen LogP contribution in [0.3, 0.4) is 0 Å². The molecule has 32 heavy (non-hydrogen) atoms. The monoisotopic (exact) mass is 465 g/mol. The fraction of sp³-hybridized carbons (Fsp3) is 0.524. The lowest BCUT2D eigenvalue weighted by atomic mass is 9.96. The zero-order valence-corrected chi connectivity index (χ0v) is 18.3. The Labute approximate surface area is 181 Å². The van der Waals surface area contributed by atoms with Crippen LogP contribution < -0.4 is 10.1 Å².